The molecule has 0 N–H and O–H groups in total. The average Bonchev–Trinajstić information content (AvgIpc) is 2.49. The highest BCUT2D eigenvalue weighted by atomic mass is 16.5. The zero-order valence-electron chi connectivity index (χ0n) is 11.7. The molecule has 0 bridgehead atoms. The third-order valence-corrected chi connectivity index (χ3v) is 3.96. The van der Waals surface area contributed by atoms with Gasteiger partial charge in [0.2, 0.25) is 0 Å². The van der Waals surface area contributed by atoms with E-state index in [1.807, 2.05) is 24.3 Å². The Hall–Kier alpha value is -1.35. The van der Waals surface area contributed by atoms with Crippen LogP contribution >= 0.6 is 0 Å². The summed E-state index contributed by atoms with van der Waals surface area (Å²) in [5.41, 5.74) is 0.627. The number of carbonyl (C=O) groups is 1. The number of ether oxygens (including phenoxy) is 2. The summed E-state index contributed by atoms with van der Waals surface area (Å²) in [7, 11) is 3.22. The standard InChI is InChI=1S/C16H22O3/c1-18-14-11-7-6-10-13(14)15(17)16(19-2)12-8-4-3-5-9-12/h6-7,10-12,16H,3-5,8-9H2,1-2H3. The van der Waals surface area contributed by atoms with E-state index in [1.165, 1.54) is 19.3 Å². The minimum absolute atomic E-state index is 0.0480. The van der Waals surface area contributed by atoms with Gasteiger partial charge in [-0.2, -0.15) is 0 Å². The van der Waals surface area contributed by atoms with Crippen molar-refractivity contribution in [2.24, 2.45) is 5.92 Å². The zero-order chi connectivity index (χ0) is 13.7. The Morgan fingerprint density at radius 2 is 1.84 bits per heavy atom. The first-order valence-electron chi connectivity index (χ1n) is 6.98. The van der Waals surface area contributed by atoms with Crippen LogP contribution in [0.5, 0.6) is 5.75 Å². The monoisotopic (exact) mass is 262 g/mol. The van der Waals surface area contributed by atoms with Gasteiger partial charge in [-0.3, -0.25) is 4.79 Å². The Balaban J connectivity index is 2.19. The Morgan fingerprint density at radius 3 is 2.47 bits per heavy atom. The lowest BCUT2D eigenvalue weighted by atomic mass is 9.82. The van der Waals surface area contributed by atoms with Crippen LogP contribution in [-0.2, 0) is 4.74 Å². The lowest BCUT2D eigenvalue weighted by Crippen LogP contribution is -2.33. The van der Waals surface area contributed by atoms with Gasteiger partial charge in [0.15, 0.2) is 5.78 Å². The number of Topliss-reactive ketones (excluding diaryl/α,β-unsaturated/α-hetero) is 1. The molecule has 0 aliphatic heterocycles. The predicted octanol–water partition coefficient (Wildman–Crippen LogP) is 3.47. The van der Waals surface area contributed by atoms with E-state index in [0.717, 1.165) is 12.8 Å². The molecule has 104 valence electrons. The summed E-state index contributed by atoms with van der Waals surface area (Å²) >= 11 is 0. The van der Waals surface area contributed by atoms with E-state index in [4.69, 9.17) is 9.47 Å². The topological polar surface area (TPSA) is 35.5 Å². The molecular formula is C16H22O3. The zero-order valence-corrected chi connectivity index (χ0v) is 11.7. The Bertz CT molecular complexity index is 422. The number of rotatable bonds is 5. The largest absolute Gasteiger partial charge is 0.496 e. The first-order chi connectivity index (χ1) is 9.27. The van der Waals surface area contributed by atoms with Crippen LogP contribution in [0.3, 0.4) is 0 Å². The van der Waals surface area contributed by atoms with Gasteiger partial charge in [0.25, 0.3) is 0 Å². The second-order valence-corrected chi connectivity index (χ2v) is 5.12. The lowest BCUT2D eigenvalue weighted by Gasteiger charge is -2.28. The minimum Gasteiger partial charge on any atom is -0.496 e. The van der Waals surface area contributed by atoms with Crippen LogP contribution in [0.15, 0.2) is 24.3 Å². The maximum Gasteiger partial charge on any atom is 0.195 e. The van der Waals surface area contributed by atoms with Gasteiger partial charge in [-0.25, -0.2) is 0 Å². The smallest absolute Gasteiger partial charge is 0.195 e. The van der Waals surface area contributed by atoms with Crippen molar-refractivity contribution in [3.63, 3.8) is 0 Å². The third-order valence-electron chi connectivity index (χ3n) is 3.96. The molecule has 1 saturated carbocycles. The molecule has 0 amide bonds. The fourth-order valence-corrected chi connectivity index (χ4v) is 2.95. The summed E-state index contributed by atoms with van der Waals surface area (Å²) in [5.74, 6) is 1.02. The summed E-state index contributed by atoms with van der Waals surface area (Å²) in [6, 6.07) is 7.37. The van der Waals surface area contributed by atoms with Crippen LogP contribution in [-0.4, -0.2) is 26.1 Å². The van der Waals surface area contributed by atoms with Gasteiger partial charge >= 0.3 is 0 Å². The van der Waals surface area contributed by atoms with Crippen molar-refractivity contribution >= 4 is 5.78 Å². The van der Waals surface area contributed by atoms with Crippen LogP contribution in [0.1, 0.15) is 42.5 Å². The maximum absolute atomic E-state index is 12.6. The Labute approximate surface area is 114 Å². The molecule has 1 aromatic carbocycles. The highest BCUT2D eigenvalue weighted by molar-refractivity contribution is 6.02. The van der Waals surface area contributed by atoms with Crippen molar-refractivity contribution in [3.8, 4) is 5.75 Å². The molecule has 3 heteroatoms. The molecule has 19 heavy (non-hydrogen) atoms. The van der Waals surface area contributed by atoms with Crippen molar-refractivity contribution in [3.05, 3.63) is 29.8 Å². The molecule has 1 fully saturated rings. The number of hydrogen-bond acceptors (Lipinski definition) is 3. The molecule has 3 nitrogen and oxygen atoms in total. The normalized spacial score (nSPS) is 18.0. The highest BCUT2D eigenvalue weighted by Crippen LogP contribution is 2.31. The van der Waals surface area contributed by atoms with Gasteiger partial charge in [0.1, 0.15) is 11.9 Å². The van der Waals surface area contributed by atoms with Gasteiger partial charge in [-0.1, -0.05) is 31.4 Å². The van der Waals surface area contributed by atoms with Crippen molar-refractivity contribution in [2.75, 3.05) is 14.2 Å². The van der Waals surface area contributed by atoms with E-state index in [2.05, 4.69) is 0 Å². The number of hydrogen-bond donors (Lipinski definition) is 0. The molecule has 1 atom stereocenters. The molecule has 1 aliphatic rings. The van der Waals surface area contributed by atoms with Gasteiger partial charge in [0.05, 0.1) is 12.7 Å². The molecule has 0 radical (unpaired) electrons. The molecule has 0 aromatic heterocycles. The molecular weight excluding hydrogens is 240 g/mol. The van der Waals surface area contributed by atoms with E-state index in [9.17, 15) is 4.79 Å². The summed E-state index contributed by atoms with van der Waals surface area (Å²) < 4.78 is 10.8. The molecule has 0 saturated heterocycles. The van der Waals surface area contributed by atoms with Crippen molar-refractivity contribution in [1.29, 1.82) is 0 Å². The third kappa shape index (κ3) is 3.16. The van der Waals surface area contributed by atoms with E-state index in [0.29, 0.717) is 17.2 Å². The Morgan fingerprint density at radius 1 is 1.16 bits per heavy atom. The Kier molecular flexibility index (Phi) is 4.97. The number of ketones is 1. The molecule has 1 aromatic rings. The second-order valence-electron chi connectivity index (χ2n) is 5.12. The summed E-state index contributed by atoms with van der Waals surface area (Å²) in [5, 5.41) is 0. The van der Waals surface area contributed by atoms with Crippen LogP contribution in [0.25, 0.3) is 0 Å². The van der Waals surface area contributed by atoms with Crippen LogP contribution in [0.2, 0.25) is 0 Å². The van der Waals surface area contributed by atoms with Crippen molar-refractivity contribution < 1.29 is 14.3 Å². The van der Waals surface area contributed by atoms with E-state index in [-0.39, 0.29) is 11.9 Å². The summed E-state index contributed by atoms with van der Waals surface area (Å²) in [4.78, 5) is 12.6. The van der Waals surface area contributed by atoms with E-state index in [1.54, 1.807) is 14.2 Å². The lowest BCUT2D eigenvalue weighted by molar-refractivity contribution is 0.0312. The van der Waals surface area contributed by atoms with Crippen molar-refractivity contribution in [2.45, 2.75) is 38.2 Å². The summed E-state index contributed by atoms with van der Waals surface area (Å²) in [6.07, 6.45) is 5.50. The van der Waals surface area contributed by atoms with E-state index >= 15 is 0 Å². The van der Waals surface area contributed by atoms with Gasteiger partial charge in [0, 0.05) is 7.11 Å². The highest BCUT2D eigenvalue weighted by Gasteiger charge is 2.31. The van der Waals surface area contributed by atoms with Gasteiger partial charge in [-0.15, -0.1) is 0 Å². The first kappa shape index (κ1) is 14.1. The quantitative estimate of drug-likeness (QED) is 0.762. The second kappa shape index (κ2) is 6.71. The molecule has 1 unspecified atom stereocenters. The van der Waals surface area contributed by atoms with Crippen LogP contribution in [0, 0.1) is 5.92 Å². The predicted molar refractivity (Wildman–Crippen MR) is 74.7 cm³/mol. The number of methoxy groups -OCH3 is 2. The molecule has 0 spiro atoms. The summed E-state index contributed by atoms with van der Waals surface area (Å²) in [6.45, 7) is 0. The van der Waals surface area contributed by atoms with Gasteiger partial charge < -0.3 is 9.47 Å². The number of benzene rings is 1. The average molecular weight is 262 g/mol. The minimum atomic E-state index is -0.336. The number of para-hydroxylation sites is 1. The van der Waals surface area contributed by atoms with Gasteiger partial charge in [-0.05, 0) is 30.9 Å². The SMILES string of the molecule is COc1ccccc1C(=O)C(OC)C1CCCCC1. The fraction of sp³-hybridized carbons (Fsp3) is 0.562. The van der Waals surface area contributed by atoms with Crippen LogP contribution in [0.4, 0.5) is 0 Å². The van der Waals surface area contributed by atoms with Crippen molar-refractivity contribution in [1.82, 2.24) is 0 Å². The molecule has 2 rings (SSSR count). The molecule has 0 heterocycles. The maximum atomic E-state index is 12.6. The van der Waals surface area contributed by atoms with E-state index < -0.39 is 0 Å². The first-order valence-corrected chi connectivity index (χ1v) is 6.98. The number of carbonyl (C=O) groups excluding carboxylic acids is 1. The van der Waals surface area contributed by atoms with Crippen LogP contribution < -0.4 is 4.74 Å². The fourth-order valence-electron chi connectivity index (χ4n) is 2.95. The molecule has 1 aliphatic carbocycles.